The van der Waals surface area contributed by atoms with Gasteiger partial charge in [0.05, 0.1) is 0 Å². The van der Waals surface area contributed by atoms with Crippen molar-refractivity contribution in [3.05, 3.63) is 35.4 Å². The Kier molecular flexibility index (Phi) is 3.14. The fraction of sp³-hybridized carbons (Fsp3) is 0.222. The second kappa shape index (κ2) is 4.15. The highest BCUT2D eigenvalue weighted by Crippen LogP contribution is 2.20. The molecule has 0 saturated carbocycles. The first-order valence-electron chi connectivity index (χ1n) is 3.95. The smallest absolute Gasteiger partial charge is 0.263 e. The summed E-state index contributed by atoms with van der Waals surface area (Å²) in [6.07, 6.45) is -2.52. The molecule has 0 aromatic heterocycles. The van der Waals surface area contributed by atoms with Gasteiger partial charge in [-0.1, -0.05) is 24.3 Å². The van der Waals surface area contributed by atoms with E-state index in [4.69, 9.17) is 11.5 Å². The molecule has 1 aromatic rings. The minimum absolute atomic E-state index is 0.106. The molecule has 0 aliphatic heterocycles. The van der Waals surface area contributed by atoms with E-state index >= 15 is 0 Å². The van der Waals surface area contributed by atoms with Crippen molar-refractivity contribution < 1.29 is 13.6 Å². The summed E-state index contributed by atoms with van der Waals surface area (Å²) in [6, 6.07) is 4.25. The van der Waals surface area contributed by atoms with Crippen molar-refractivity contribution in [1.82, 2.24) is 0 Å². The lowest BCUT2D eigenvalue weighted by molar-refractivity contribution is -0.119. The van der Waals surface area contributed by atoms with Gasteiger partial charge in [-0.25, -0.2) is 8.78 Å². The van der Waals surface area contributed by atoms with E-state index < -0.39 is 18.4 Å². The van der Waals surface area contributed by atoms with Crippen molar-refractivity contribution >= 4 is 5.91 Å². The normalized spacial score (nSPS) is 12.9. The fourth-order valence-corrected chi connectivity index (χ4v) is 1.01. The second-order valence-electron chi connectivity index (χ2n) is 2.85. The first-order valence-corrected chi connectivity index (χ1v) is 3.95. The number of primary amides is 1. The van der Waals surface area contributed by atoms with Gasteiger partial charge in [-0.05, 0) is 5.56 Å². The molecule has 0 radical (unpaired) electrons. The predicted octanol–water partition coefficient (Wildman–Crippen LogP) is 1.11. The summed E-state index contributed by atoms with van der Waals surface area (Å²) in [4.78, 5) is 10.7. The monoisotopic (exact) mass is 200 g/mol. The molecule has 0 saturated heterocycles. The first-order chi connectivity index (χ1) is 6.52. The van der Waals surface area contributed by atoms with Crippen molar-refractivity contribution in [2.24, 2.45) is 11.5 Å². The molecule has 1 rings (SSSR count). The minimum Gasteiger partial charge on any atom is -0.368 e. The summed E-state index contributed by atoms with van der Waals surface area (Å²) in [5, 5.41) is 0. The highest BCUT2D eigenvalue weighted by Gasteiger charge is 2.13. The van der Waals surface area contributed by atoms with Gasteiger partial charge in [-0.3, -0.25) is 4.79 Å². The van der Waals surface area contributed by atoms with Gasteiger partial charge >= 0.3 is 0 Å². The third-order valence-electron chi connectivity index (χ3n) is 1.85. The molecular formula is C9H10F2N2O. The maximum Gasteiger partial charge on any atom is 0.263 e. The van der Waals surface area contributed by atoms with Crippen molar-refractivity contribution in [3.63, 3.8) is 0 Å². The van der Waals surface area contributed by atoms with Crippen LogP contribution in [-0.4, -0.2) is 5.91 Å². The molecule has 0 bridgehead atoms. The van der Waals surface area contributed by atoms with Crippen LogP contribution in [0, 0.1) is 0 Å². The van der Waals surface area contributed by atoms with Gasteiger partial charge in [0, 0.05) is 5.56 Å². The lowest BCUT2D eigenvalue weighted by Crippen LogP contribution is -2.28. The molecule has 4 N–H and O–H groups in total. The number of nitrogens with two attached hydrogens (primary N) is 2. The first kappa shape index (κ1) is 10.6. The molecule has 1 amide bonds. The molecule has 3 nitrogen and oxygen atoms in total. The summed E-state index contributed by atoms with van der Waals surface area (Å²) in [5.74, 6) is -0.685. The Morgan fingerprint density at radius 2 is 1.57 bits per heavy atom. The van der Waals surface area contributed by atoms with E-state index in [2.05, 4.69) is 0 Å². The zero-order valence-electron chi connectivity index (χ0n) is 7.28. The van der Waals surface area contributed by atoms with Crippen LogP contribution in [0.15, 0.2) is 24.3 Å². The van der Waals surface area contributed by atoms with Gasteiger partial charge in [-0.15, -0.1) is 0 Å². The van der Waals surface area contributed by atoms with Gasteiger partial charge in [0.2, 0.25) is 5.91 Å². The Balaban J connectivity index is 2.88. The van der Waals surface area contributed by atoms with E-state index in [-0.39, 0.29) is 5.56 Å². The van der Waals surface area contributed by atoms with Crippen molar-refractivity contribution in [2.45, 2.75) is 12.5 Å². The number of alkyl halides is 2. The molecule has 1 atom stereocenters. The third-order valence-corrected chi connectivity index (χ3v) is 1.85. The Hall–Kier alpha value is -1.49. The standard InChI is InChI=1S/C9H10F2N2O/c10-8(11)6-3-1-5(2-4-6)7(12)9(13)14/h1-4,7-8H,12H2,(H2,13,14). The van der Waals surface area contributed by atoms with Crippen LogP contribution >= 0.6 is 0 Å². The van der Waals surface area contributed by atoms with Crippen molar-refractivity contribution in [1.29, 1.82) is 0 Å². The average Bonchev–Trinajstić information content (AvgIpc) is 2.16. The van der Waals surface area contributed by atoms with Crippen LogP contribution in [-0.2, 0) is 4.79 Å². The van der Waals surface area contributed by atoms with Crippen LogP contribution in [0.25, 0.3) is 0 Å². The molecule has 0 fully saturated rings. The maximum absolute atomic E-state index is 12.1. The van der Waals surface area contributed by atoms with Crippen molar-refractivity contribution in [3.8, 4) is 0 Å². The van der Waals surface area contributed by atoms with E-state index in [9.17, 15) is 13.6 Å². The zero-order chi connectivity index (χ0) is 10.7. The molecular weight excluding hydrogens is 190 g/mol. The van der Waals surface area contributed by atoms with E-state index in [1.807, 2.05) is 0 Å². The molecule has 76 valence electrons. The molecule has 0 aliphatic rings. The van der Waals surface area contributed by atoms with Crippen LogP contribution in [0.5, 0.6) is 0 Å². The molecule has 1 aromatic carbocycles. The predicted molar refractivity (Wildman–Crippen MR) is 47.5 cm³/mol. The number of carbonyl (C=O) groups excluding carboxylic acids is 1. The number of hydrogen-bond acceptors (Lipinski definition) is 2. The Bertz CT molecular complexity index is 324. The topological polar surface area (TPSA) is 69.1 Å². The minimum atomic E-state index is -2.52. The van der Waals surface area contributed by atoms with Crippen LogP contribution in [0.2, 0.25) is 0 Å². The summed E-state index contributed by atoms with van der Waals surface area (Å²) in [5.41, 5.74) is 10.7. The number of hydrogen-bond donors (Lipinski definition) is 2. The van der Waals surface area contributed by atoms with E-state index in [1.54, 1.807) is 0 Å². The quantitative estimate of drug-likeness (QED) is 0.767. The van der Waals surface area contributed by atoms with Crippen molar-refractivity contribution in [2.75, 3.05) is 0 Å². The highest BCUT2D eigenvalue weighted by atomic mass is 19.3. The van der Waals surface area contributed by atoms with Crippen LogP contribution in [0.4, 0.5) is 8.78 Å². The third kappa shape index (κ3) is 2.26. The Morgan fingerprint density at radius 3 is 1.93 bits per heavy atom. The lowest BCUT2D eigenvalue weighted by atomic mass is 10.1. The molecule has 1 unspecified atom stereocenters. The summed E-state index contributed by atoms with van der Waals surface area (Å²) >= 11 is 0. The van der Waals surface area contributed by atoms with E-state index in [0.717, 1.165) is 0 Å². The maximum atomic E-state index is 12.1. The van der Waals surface area contributed by atoms with Gasteiger partial charge in [0.25, 0.3) is 6.43 Å². The number of amides is 1. The zero-order valence-corrected chi connectivity index (χ0v) is 7.28. The summed E-state index contributed by atoms with van der Waals surface area (Å²) in [7, 11) is 0. The highest BCUT2D eigenvalue weighted by molar-refractivity contribution is 5.81. The van der Waals surface area contributed by atoms with Crippen LogP contribution < -0.4 is 11.5 Å². The Labute approximate surface area is 79.7 Å². The van der Waals surface area contributed by atoms with Crippen LogP contribution in [0.3, 0.4) is 0 Å². The van der Waals surface area contributed by atoms with Gasteiger partial charge in [0.1, 0.15) is 6.04 Å². The van der Waals surface area contributed by atoms with E-state index in [0.29, 0.717) is 5.56 Å². The summed E-state index contributed by atoms with van der Waals surface area (Å²) < 4.78 is 24.3. The number of rotatable bonds is 3. The van der Waals surface area contributed by atoms with Crippen LogP contribution in [0.1, 0.15) is 23.6 Å². The van der Waals surface area contributed by atoms with Gasteiger partial charge < -0.3 is 11.5 Å². The SMILES string of the molecule is NC(=O)C(N)c1ccc(C(F)F)cc1. The number of halogens is 2. The number of benzene rings is 1. The molecule has 0 aliphatic carbocycles. The molecule has 5 heteroatoms. The largest absolute Gasteiger partial charge is 0.368 e. The molecule has 14 heavy (non-hydrogen) atoms. The average molecular weight is 200 g/mol. The summed E-state index contributed by atoms with van der Waals surface area (Å²) in [6.45, 7) is 0. The van der Waals surface area contributed by atoms with E-state index in [1.165, 1.54) is 24.3 Å². The van der Waals surface area contributed by atoms with Gasteiger partial charge in [0.15, 0.2) is 0 Å². The molecule has 0 heterocycles. The molecule has 0 spiro atoms. The van der Waals surface area contributed by atoms with Gasteiger partial charge in [-0.2, -0.15) is 0 Å². The fourth-order valence-electron chi connectivity index (χ4n) is 1.01. The Morgan fingerprint density at radius 1 is 1.14 bits per heavy atom. The second-order valence-corrected chi connectivity index (χ2v) is 2.85. The lowest BCUT2D eigenvalue weighted by Gasteiger charge is -2.08. The number of carbonyl (C=O) groups is 1.